The monoisotopic (exact) mass is 724 g/mol. The van der Waals surface area contributed by atoms with E-state index in [-0.39, 0.29) is 29.8 Å². The van der Waals surface area contributed by atoms with Crippen LogP contribution in [-0.2, 0) is 19.0 Å². The van der Waals surface area contributed by atoms with Gasteiger partial charge >= 0.3 is 12.1 Å². The van der Waals surface area contributed by atoms with Gasteiger partial charge in [0, 0.05) is 43.4 Å². The quantitative estimate of drug-likeness (QED) is 0.197. The van der Waals surface area contributed by atoms with Gasteiger partial charge in [-0.2, -0.15) is 0 Å². The fourth-order valence-electron chi connectivity index (χ4n) is 5.82. The summed E-state index contributed by atoms with van der Waals surface area (Å²) in [5.41, 5.74) is 4.37. The van der Waals surface area contributed by atoms with Gasteiger partial charge < -0.3 is 29.7 Å². The van der Waals surface area contributed by atoms with Crippen molar-refractivity contribution in [3.63, 3.8) is 0 Å². The number of ether oxygens (including phenoxy) is 3. The van der Waals surface area contributed by atoms with Crippen LogP contribution in [0.25, 0.3) is 0 Å². The number of aliphatic hydroxyl groups is 2. The maximum absolute atomic E-state index is 13.2. The van der Waals surface area contributed by atoms with E-state index in [0.717, 1.165) is 22.3 Å². The fourth-order valence-corrected chi connectivity index (χ4v) is 6.70. The summed E-state index contributed by atoms with van der Waals surface area (Å²) >= 11 is 1.36. The third-order valence-electron chi connectivity index (χ3n) is 8.68. The molecule has 9 nitrogen and oxygen atoms in total. The molecule has 51 heavy (non-hydrogen) atoms. The summed E-state index contributed by atoms with van der Waals surface area (Å²) in [4.78, 5) is 30.2. The number of rotatable bonds is 6. The number of thiazole rings is 1. The molecular weight excluding hydrogens is 665 g/mol. The summed E-state index contributed by atoms with van der Waals surface area (Å²) in [6, 6.07) is 0. The van der Waals surface area contributed by atoms with Crippen LogP contribution < -0.4 is 5.32 Å². The average Bonchev–Trinajstić information content (AvgIpc) is 3.55. The van der Waals surface area contributed by atoms with Crippen molar-refractivity contribution in [3.8, 4) is 0 Å². The van der Waals surface area contributed by atoms with Gasteiger partial charge in [0.1, 0.15) is 5.01 Å². The third kappa shape index (κ3) is 14.9. The zero-order valence-electron chi connectivity index (χ0n) is 32.3. The van der Waals surface area contributed by atoms with Crippen LogP contribution >= 0.6 is 11.3 Å². The number of hydrogen-bond donors (Lipinski definition) is 3. The summed E-state index contributed by atoms with van der Waals surface area (Å²) in [5, 5.41) is 26.9. The molecule has 1 amide bonds. The van der Waals surface area contributed by atoms with E-state index in [1.807, 2.05) is 104 Å². The largest absolute Gasteiger partial charge is 0.452 e. The zero-order chi connectivity index (χ0) is 38.2. The lowest BCUT2D eigenvalue weighted by molar-refractivity contribution is -0.145. The molecule has 0 unspecified atom stereocenters. The molecule has 10 heteroatoms. The number of carbonyl (C=O) groups is 2. The number of carbonyl (C=O) groups excluding carboxylic acids is 2. The minimum Gasteiger partial charge on any atom is -0.452 e. The van der Waals surface area contributed by atoms with Gasteiger partial charge in [0.25, 0.3) is 0 Å². The second-order valence-corrected chi connectivity index (χ2v) is 14.9. The number of hydrogen-bond acceptors (Lipinski definition) is 9. The van der Waals surface area contributed by atoms with Crippen LogP contribution in [0.15, 0.2) is 88.4 Å². The second kappa shape index (κ2) is 21.7. The van der Waals surface area contributed by atoms with Crippen molar-refractivity contribution in [2.75, 3.05) is 14.2 Å². The summed E-state index contributed by atoms with van der Waals surface area (Å²) in [5.74, 6) is -0.937. The first-order valence-electron chi connectivity index (χ1n) is 17.7. The Bertz CT molecular complexity index is 1500. The molecule has 0 radical (unpaired) electrons. The molecule has 8 atom stereocenters. The Hall–Kier alpha value is -3.57. The molecule has 1 aliphatic rings. The number of alkyl carbamates (subject to hydrolysis) is 1. The van der Waals surface area contributed by atoms with Crippen molar-refractivity contribution in [2.24, 2.45) is 23.7 Å². The zero-order valence-corrected chi connectivity index (χ0v) is 33.1. The first-order valence-corrected chi connectivity index (χ1v) is 18.6. The molecule has 0 spiro atoms. The number of aliphatic hydroxyl groups excluding tert-OH is 2. The lowest BCUT2D eigenvalue weighted by Gasteiger charge is -2.26. The van der Waals surface area contributed by atoms with Crippen molar-refractivity contribution in [1.29, 1.82) is 0 Å². The van der Waals surface area contributed by atoms with Crippen LogP contribution in [0, 0.1) is 23.7 Å². The Balaban J connectivity index is 2.55. The Morgan fingerprint density at radius 3 is 2.39 bits per heavy atom. The Morgan fingerprint density at radius 1 is 1.04 bits per heavy atom. The van der Waals surface area contributed by atoms with Gasteiger partial charge in [-0.05, 0) is 52.0 Å². The molecule has 0 aliphatic carbocycles. The molecule has 0 saturated carbocycles. The lowest BCUT2D eigenvalue weighted by Crippen LogP contribution is -2.30. The minimum atomic E-state index is -0.754. The van der Waals surface area contributed by atoms with Crippen molar-refractivity contribution in [1.82, 2.24) is 10.3 Å². The average molecular weight is 725 g/mol. The Labute approximate surface area is 309 Å². The van der Waals surface area contributed by atoms with Crippen molar-refractivity contribution in [3.05, 3.63) is 99.1 Å². The van der Waals surface area contributed by atoms with Gasteiger partial charge in [0.05, 0.1) is 24.0 Å². The van der Waals surface area contributed by atoms with Gasteiger partial charge in [0.2, 0.25) is 0 Å². The predicted octanol–water partition coefficient (Wildman–Crippen LogP) is 8.67. The van der Waals surface area contributed by atoms with Gasteiger partial charge in [-0.1, -0.05) is 106 Å². The number of allylic oxidation sites excluding steroid dienone is 8. The standard InChI is InChI=1S/C41H60N2O7S/c1-25(2)20-36(49-41(47)42-10)40-43-33(24-51-40)39-30(7)16-13-15-29(6)38(48-11)32(9)34(44)19-18-27(4)21-28(5)22-31(8)35(45)23-26(3)14-12-17-37(46)50-39/h12-13,15-19,21-25,30-32,34-36,38-39,44-45H,14,20H2,1-11H3,(H,42,47)/b16-13+,17-12+,19-18+,26-23+,27-21-,28-22-,29-15+/t30-,31+,32-,34-,35+,36+,38+,39-/m1/s1. The summed E-state index contributed by atoms with van der Waals surface area (Å²) in [6.45, 7) is 17.8. The van der Waals surface area contributed by atoms with Crippen LogP contribution in [0.2, 0.25) is 0 Å². The molecule has 0 saturated heterocycles. The van der Waals surface area contributed by atoms with Crippen molar-refractivity contribution >= 4 is 23.4 Å². The van der Waals surface area contributed by atoms with E-state index in [1.165, 1.54) is 24.5 Å². The predicted molar refractivity (Wildman–Crippen MR) is 206 cm³/mol. The highest BCUT2D eigenvalue weighted by molar-refractivity contribution is 7.09. The highest BCUT2D eigenvalue weighted by Gasteiger charge is 2.28. The van der Waals surface area contributed by atoms with Gasteiger partial charge in [0.15, 0.2) is 12.2 Å². The molecule has 2 rings (SSSR count). The van der Waals surface area contributed by atoms with Crippen LogP contribution in [0.3, 0.4) is 0 Å². The SMILES string of the molecule is CNC(=O)O[C@@H](CC(C)C)c1nc([C@@H]2OC(=O)/C=C/C/C(C)=C/[C@H](O)[C@@H](C)\C=C(C)/C=C(C)\C=C\[C@@H](O)[C@@H](C)[C@@H](OC)/C(C)=C/C=C/[C@H]2C)cs1. The maximum atomic E-state index is 13.2. The van der Waals surface area contributed by atoms with E-state index in [0.29, 0.717) is 23.5 Å². The van der Waals surface area contributed by atoms with Crippen LogP contribution in [-0.4, -0.2) is 59.7 Å². The Kier molecular flexibility index (Phi) is 18.6. The molecular formula is C41H60N2O7S. The fraction of sp³-hybridized carbons (Fsp3) is 0.537. The molecule has 1 aromatic heterocycles. The molecule has 3 N–H and O–H groups in total. The van der Waals surface area contributed by atoms with Crippen LogP contribution in [0.1, 0.15) is 98.1 Å². The highest BCUT2D eigenvalue weighted by Crippen LogP contribution is 2.34. The summed E-state index contributed by atoms with van der Waals surface area (Å²) in [7, 11) is 3.14. The molecule has 1 aliphatic heterocycles. The maximum Gasteiger partial charge on any atom is 0.407 e. The Morgan fingerprint density at radius 2 is 1.75 bits per heavy atom. The number of cyclic esters (lactones) is 1. The number of amides is 1. The second-order valence-electron chi connectivity index (χ2n) is 14.0. The molecule has 0 aromatic carbocycles. The van der Waals surface area contributed by atoms with E-state index in [1.54, 1.807) is 25.3 Å². The number of aromatic nitrogens is 1. The molecule has 282 valence electrons. The van der Waals surface area contributed by atoms with Crippen LogP contribution in [0.4, 0.5) is 4.79 Å². The first kappa shape index (κ1) is 43.6. The minimum absolute atomic E-state index is 0.143. The van der Waals surface area contributed by atoms with Crippen molar-refractivity contribution < 1.29 is 34.0 Å². The number of esters is 1. The number of methoxy groups -OCH3 is 1. The van der Waals surface area contributed by atoms with E-state index >= 15 is 0 Å². The summed E-state index contributed by atoms with van der Waals surface area (Å²) in [6.07, 6.45) is 15.9. The van der Waals surface area contributed by atoms with Gasteiger partial charge in [-0.15, -0.1) is 11.3 Å². The van der Waals surface area contributed by atoms with Crippen molar-refractivity contribution in [2.45, 2.75) is 106 Å². The lowest BCUT2D eigenvalue weighted by atomic mass is 9.91. The number of nitrogens with one attached hydrogen (secondary N) is 1. The normalized spacial score (nSPS) is 33.0. The van der Waals surface area contributed by atoms with E-state index in [9.17, 15) is 19.8 Å². The summed E-state index contributed by atoms with van der Waals surface area (Å²) < 4.78 is 17.5. The molecule has 2 heterocycles. The first-order chi connectivity index (χ1) is 24.1. The van der Waals surface area contributed by atoms with E-state index < -0.39 is 36.5 Å². The molecule has 0 fully saturated rings. The molecule has 1 aromatic rings. The topological polar surface area (TPSA) is 127 Å². The van der Waals surface area contributed by atoms with Crippen LogP contribution in [0.5, 0.6) is 0 Å². The van der Waals surface area contributed by atoms with Gasteiger partial charge in [-0.25, -0.2) is 14.6 Å². The number of nitrogens with zero attached hydrogens (tertiary/aromatic N) is 1. The van der Waals surface area contributed by atoms with Gasteiger partial charge in [-0.3, -0.25) is 0 Å². The van der Waals surface area contributed by atoms with E-state index in [4.69, 9.17) is 19.2 Å². The van der Waals surface area contributed by atoms with E-state index in [2.05, 4.69) is 5.32 Å². The third-order valence-corrected chi connectivity index (χ3v) is 9.64. The highest BCUT2D eigenvalue weighted by atomic mass is 32.1. The molecule has 0 bridgehead atoms. The smallest absolute Gasteiger partial charge is 0.407 e.